The summed E-state index contributed by atoms with van der Waals surface area (Å²) in [7, 11) is -2.31. The molecule has 4 heterocycles. The van der Waals surface area contributed by atoms with E-state index in [1.54, 1.807) is 35.3 Å². The van der Waals surface area contributed by atoms with Crippen molar-refractivity contribution < 1.29 is 43.9 Å². The van der Waals surface area contributed by atoms with Gasteiger partial charge in [-0.1, -0.05) is 23.7 Å². The molecule has 6 aromatic rings. The first-order valence-corrected chi connectivity index (χ1v) is 20.4. The number of nitrogens with one attached hydrogen (secondary N) is 2. The van der Waals surface area contributed by atoms with Gasteiger partial charge in [0, 0.05) is 53.5 Å². The fourth-order valence-electron chi connectivity index (χ4n) is 7.87. The number of sulfonamides is 1. The number of halogens is 8. The first-order valence-electron chi connectivity index (χ1n) is 18.1. The number of carbonyl (C=O) groups excluding carboxylic acids is 1. The smallest absolute Gasteiger partial charge is 0.346 e. The molecule has 0 aliphatic heterocycles. The normalized spacial score (nSPS) is 17.6. The number of carbonyl (C=O) groups is 1. The first-order chi connectivity index (χ1) is 27.6. The summed E-state index contributed by atoms with van der Waals surface area (Å²) in [5.74, 6) is -9.10. The third kappa shape index (κ3) is 7.40. The number of fused-ring (bicyclic) bond motifs is 4. The molecule has 1 unspecified atom stereocenters. The van der Waals surface area contributed by atoms with Crippen LogP contribution in [0.3, 0.4) is 0 Å². The Morgan fingerprint density at radius 3 is 2.39 bits per heavy atom. The van der Waals surface area contributed by atoms with Gasteiger partial charge in [0.1, 0.15) is 23.9 Å². The number of alkyl halides is 5. The molecule has 2 aliphatic carbocycles. The van der Waals surface area contributed by atoms with Gasteiger partial charge in [0.2, 0.25) is 15.9 Å². The lowest BCUT2D eigenvalue weighted by molar-refractivity contribution is -0.142. The van der Waals surface area contributed by atoms with E-state index in [0.29, 0.717) is 33.1 Å². The largest absolute Gasteiger partial charge is 0.435 e. The van der Waals surface area contributed by atoms with Gasteiger partial charge in [0.15, 0.2) is 11.5 Å². The Morgan fingerprint density at radius 2 is 1.75 bits per heavy atom. The molecule has 3 atom stereocenters. The predicted molar refractivity (Wildman–Crippen MR) is 202 cm³/mol. The van der Waals surface area contributed by atoms with Crippen molar-refractivity contribution in [1.29, 1.82) is 0 Å². The second kappa shape index (κ2) is 14.1. The minimum Gasteiger partial charge on any atom is -0.346 e. The van der Waals surface area contributed by atoms with Gasteiger partial charge in [-0.25, -0.2) is 22.2 Å². The first kappa shape index (κ1) is 40.3. The number of pyridine rings is 1. The minimum absolute atomic E-state index is 0.0333. The summed E-state index contributed by atoms with van der Waals surface area (Å²) in [5.41, 5.74) is -1.19. The predicted octanol–water partition coefficient (Wildman–Crippen LogP) is 7.91. The van der Waals surface area contributed by atoms with E-state index < -0.39 is 81.0 Å². The van der Waals surface area contributed by atoms with Gasteiger partial charge < -0.3 is 5.32 Å². The molecule has 0 spiro atoms. The van der Waals surface area contributed by atoms with Crippen molar-refractivity contribution in [3.8, 4) is 22.4 Å². The van der Waals surface area contributed by atoms with E-state index in [1.165, 1.54) is 17.8 Å². The maximum atomic E-state index is 15.5. The van der Waals surface area contributed by atoms with E-state index in [9.17, 15) is 35.2 Å². The molecule has 21 heteroatoms. The number of anilines is 1. The third-order valence-corrected chi connectivity index (χ3v) is 11.3. The van der Waals surface area contributed by atoms with Crippen LogP contribution in [0.25, 0.3) is 33.3 Å². The summed E-state index contributed by atoms with van der Waals surface area (Å²) in [6.45, 7) is 2.74. The van der Waals surface area contributed by atoms with Crippen molar-refractivity contribution in [3.63, 3.8) is 0 Å². The zero-order chi connectivity index (χ0) is 42.5. The van der Waals surface area contributed by atoms with Crippen LogP contribution < -0.4 is 10.0 Å². The van der Waals surface area contributed by atoms with E-state index in [2.05, 4.69) is 25.3 Å². The lowest BCUT2D eigenvalue weighted by Crippen LogP contribution is -2.35. The monoisotopic (exact) mass is 863 g/mol. The molecule has 0 bridgehead atoms. The van der Waals surface area contributed by atoms with Crippen LogP contribution in [0.5, 0.6) is 0 Å². The summed E-state index contributed by atoms with van der Waals surface area (Å²) in [6.07, 6.45) is -1.37. The van der Waals surface area contributed by atoms with Crippen molar-refractivity contribution in [2.45, 2.75) is 63.3 Å². The van der Waals surface area contributed by atoms with Gasteiger partial charge >= 0.3 is 6.18 Å². The molecule has 0 saturated heterocycles. The standard InChI is InChI=1S/C38H33ClF7N9O3S/c1-17(2)54-15-19(14-47-54)27-8-6-22(23-5-7-26(39)31-33(23)53(3)51-36(31)52-59(4,57)58)32(49-27)28(11-18-9-20(40)12-21(41)10-18)48-29(56)16-55-35-30(34(50-55)38(44,45)46)24-13-25(24)37(35,42)43/h5-10,12,14-15,17,24-25,28H,11,13,16H2,1-4H3,(H,48,56)(H,51,52)/t24?,25-,28+/m1/s1. The Hall–Kier alpha value is -5.50. The third-order valence-electron chi connectivity index (χ3n) is 10.4. The molecule has 12 nitrogen and oxygen atoms in total. The van der Waals surface area contributed by atoms with Crippen molar-refractivity contribution in [1.82, 2.24) is 39.6 Å². The lowest BCUT2D eigenvalue weighted by atomic mass is 9.93. The Morgan fingerprint density at radius 1 is 1.05 bits per heavy atom. The second-order valence-electron chi connectivity index (χ2n) is 15.0. The quantitative estimate of drug-likeness (QED) is 0.126. The van der Waals surface area contributed by atoms with E-state index in [-0.39, 0.29) is 51.9 Å². The van der Waals surface area contributed by atoms with Crippen molar-refractivity contribution in [2.75, 3.05) is 11.0 Å². The molecular weight excluding hydrogens is 831 g/mol. The molecule has 2 aromatic carbocycles. The highest BCUT2D eigenvalue weighted by Gasteiger charge is 2.68. The molecule has 4 aromatic heterocycles. The van der Waals surface area contributed by atoms with Crippen LogP contribution in [0.2, 0.25) is 5.02 Å². The Balaban J connectivity index is 1.29. The highest BCUT2D eigenvalue weighted by molar-refractivity contribution is 7.92. The van der Waals surface area contributed by atoms with E-state index in [0.717, 1.165) is 18.4 Å². The molecule has 0 radical (unpaired) electrons. The molecule has 1 saturated carbocycles. The Kier molecular flexibility index (Phi) is 9.60. The fourth-order valence-corrected chi connectivity index (χ4v) is 8.61. The molecule has 2 N–H and O–H groups in total. The van der Waals surface area contributed by atoms with Gasteiger partial charge in [-0.05, 0) is 62.4 Å². The number of hydrogen-bond donors (Lipinski definition) is 2. The van der Waals surface area contributed by atoms with Crippen LogP contribution in [0.4, 0.5) is 36.6 Å². The molecule has 2 aliphatic rings. The molecule has 59 heavy (non-hydrogen) atoms. The second-order valence-corrected chi connectivity index (χ2v) is 17.2. The molecule has 1 amide bonds. The molecule has 1 fully saturated rings. The van der Waals surface area contributed by atoms with Crippen LogP contribution in [0.1, 0.15) is 66.5 Å². The van der Waals surface area contributed by atoms with Gasteiger partial charge in [-0.3, -0.25) is 23.6 Å². The Labute approximate surface area is 336 Å². The number of nitrogens with zero attached hydrogens (tertiary/aromatic N) is 7. The average molecular weight is 864 g/mol. The number of amides is 1. The van der Waals surface area contributed by atoms with E-state index >= 15 is 8.78 Å². The highest BCUT2D eigenvalue weighted by Crippen LogP contribution is 2.68. The molecular formula is C38H33ClF7N9O3S. The zero-order valence-corrected chi connectivity index (χ0v) is 33.0. The molecule has 8 rings (SSSR count). The minimum atomic E-state index is -5.07. The highest BCUT2D eigenvalue weighted by atomic mass is 35.5. The van der Waals surface area contributed by atoms with E-state index in [4.69, 9.17) is 16.6 Å². The fraction of sp³-hybridized carbons (Fsp3) is 0.342. The van der Waals surface area contributed by atoms with Crippen LogP contribution in [-0.2, 0) is 46.9 Å². The van der Waals surface area contributed by atoms with Crippen LogP contribution in [0.15, 0.2) is 54.9 Å². The molecule has 310 valence electrons. The Bertz CT molecular complexity index is 2780. The van der Waals surface area contributed by atoms with Crippen LogP contribution in [0, 0.1) is 17.6 Å². The number of rotatable bonds is 11. The van der Waals surface area contributed by atoms with Crippen molar-refractivity contribution >= 4 is 44.3 Å². The van der Waals surface area contributed by atoms with E-state index in [1.807, 2.05) is 13.8 Å². The number of benzene rings is 2. The van der Waals surface area contributed by atoms with Crippen molar-refractivity contribution in [3.05, 3.63) is 99.7 Å². The van der Waals surface area contributed by atoms with Gasteiger partial charge in [0.05, 0.1) is 45.8 Å². The summed E-state index contributed by atoms with van der Waals surface area (Å²) < 4.78 is 133. The van der Waals surface area contributed by atoms with Gasteiger partial charge in [-0.2, -0.15) is 37.2 Å². The van der Waals surface area contributed by atoms with Crippen LogP contribution >= 0.6 is 11.6 Å². The zero-order valence-electron chi connectivity index (χ0n) is 31.4. The summed E-state index contributed by atoms with van der Waals surface area (Å²) >= 11 is 6.61. The summed E-state index contributed by atoms with van der Waals surface area (Å²) in [4.78, 5) is 19.0. The average Bonchev–Trinajstić information content (AvgIpc) is 3.36. The summed E-state index contributed by atoms with van der Waals surface area (Å²) in [5, 5.41) is 15.2. The number of aryl methyl sites for hydroxylation is 1. The van der Waals surface area contributed by atoms with Crippen molar-refractivity contribution in [2.24, 2.45) is 13.0 Å². The van der Waals surface area contributed by atoms with Gasteiger partial charge in [0.25, 0.3) is 5.92 Å². The maximum Gasteiger partial charge on any atom is 0.435 e. The number of hydrogen-bond acceptors (Lipinski definition) is 7. The summed E-state index contributed by atoms with van der Waals surface area (Å²) in [6, 6.07) is 7.65. The number of aromatic nitrogens is 7. The maximum absolute atomic E-state index is 15.5. The van der Waals surface area contributed by atoms with Gasteiger partial charge in [-0.15, -0.1) is 0 Å². The lowest BCUT2D eigenvalue weighted by Gasteiger charge is -2.23. The SMILES string of the molecule is CC(C)n1cc(-c2ccc(-c3ccc(Cl)c4c(NS(C)(=O)=O)nn(C)c34)c([C@H](Cc3cc(F)cc(F)c3)NC(=O)Cn3nc(C(F)(F)F)c4c3C(F)(F)[C@@H]3CC43)n2)cn1. The topological polar surface area (TPSA) is 142 Å². The van der Waals surface area contributed by atoms with Crippen LogP contribution in [-0.4, -0.2) is 54.9 Å².